The molecule has 4 aliphatic rings. The fourth-order valence-electron chi connectivity index (χ4n) is 5.23. The number of likely N-dealkylation sites (tertiary alicyclic amines) is 1. The molecule has 0 radical (unpaired) electrons. The monoisotopic (exact) mass is 473 g/mol. The van der Waals surface area contributed by atoms with Crippen molar-refractivity contribution in [3.05, 3.63) is 59.2 Å². The van der Waals surface area contributed by atoms with Gasteiger partial charge in [-0.3, -0.25) is 19.5 Å². The number of amides is 2. The molecule has 34 heavy (non-hydrogen) atoms. The lowest BCUT2D eigenvalue weighted by Gasteiger charge is -2.41. The number of rotatable bonds is 5. The van der Waals surface area contributed by atoms with Crippen LogP contribution in [-0.2, 0) is 9.59 Å². The van der Waals surface area contributed by atoms with Gasteiger partial charge >= 0.3 is 0 Å². The standard InChI is InChI=1S/C27H24FN3O2S/c28-22-12-20(3-5-21(22)18-4-6-23-19(11-18)7-10-34-23)24-29-27(8-9-27)26(33)31(24)15-16-13-30(14-16)25(32)17-1-2-17/h3-7,10-12,16-17H,1-2,8-9,13-15H2. The smallest absolute Gasteiger partial charge is 0.256 e. The van der Waals surface area contributed by atoms with Crippen LogP contribution in [0.15, 0.2) is 52.8 Å². The molecule has 0 atom stereocenters. The molecule has 2 aliphatic heterocycles. The summed E-state index contributed by atoms with van der Waals surface area (Å²) < 4.78 is 16.5. The minimum absolute atomic E-state index is 0.0295. The minimum Gasteiger partial charge on any atom is -0.342 e. The molecule has 0 bridgehead atoms. The molecule has 0 N–H and O–H groups in total. The zero-order chi connectivity index (χ0) is 23.0. The zero-order valence-corrected chi connectivity index (χ0v) is 19.5. The fourth-order valence-corrected chi connectivity index (χ4v) is 6.00. The van der Waals surface area contributed by atoms with Crippen LogP contribution in [-0.4, -0.2) is 52.6 Å². The second-order valence-corrected chi connectivity index (χ2v) is 11.1. The van der Waals surface area contributed by atoms with Crippen molar-refractivity contribution in [1.82, 2.24) is 9.80 Å². The van der Waals surface area contributed by atoms with Gasteiger partial charge in [-0.1, -0.05) is 18.2 Å². The average molecular weight is 474 g/mol. The predicted molar refractivity (Wildman–Crippen MR) is 130 cm³/mol. The zero-order valence-electron chi connectivity index (χ0n) is 18.7. The Labute approximate surface area is 200 Å². The van der Waals surface area contributed by atoms with Gasteiger partial charge in [-0.25, -0.2) is 4.39 Å². The Bertz CT molecular complexity index is 1380. The molecule has 172 valence electrons. The number of halogens is 1. The van der Waals surface area contributed by atoms with Gasteiger partial charge in [0.15, 0.2) is 0 Å². The molecule has 0 unspecified atom stereocenters. The highest BCUT2D eigenvalue weighted by Crippen LogP contribution is 2.46. The summed E-state index contributed by atoms with van der Waals surface area (Å²) >= 11 is 1.67. The van der Waals surface area contributed by atoms with Gasteiger partial charge in [0.25, 0.3) is 5.91 Å². The molecule has 2 aromatic carbocycles. The molecule has 3 heterocycles. The van der Waals surface area contributed by atoms with Crippen LogP contribution in [0.3, 0.4) is 0 Å². The van der Waals surface area contributed by atoms with Crippen molar-refractivity contribution in [1.29, 1.82) is 0 Å². The first-order chi connectivity index (χ1) is 16.5. The van der Waals surface area contributed by atoms with E-state index < -0.39 is 5.54 Å². The summed E-state index contributed by atoms with van der Waals surface area (Å²) in [5.74, 6) is 1.02. The van der Waals surface area contributed by atoms with Crippen molar-refractivity contribution in [3.8, 4) is 11.1 Å². The lowest BCUT2D eigenvalue weighted by molar-refractivity contribution is -0.139. The predicted octanol–water partition coefficient (Wildman–Crippen LogP) is 4.70. The first kappa shape index (κ1) is 20.3. The van der Waals surface area contributed by atoms with E-state index in [0.717, 1.165) is 36.6 Å². The van der Waals surface area contributed by atoms with Crippen molar-refractivity contribution in [3.63, 3.8) is 0 Å². The fraction of sp³-hybridized carbons (Fsp3) is 0.370. The van der Waals surface area contributed by atoms with Gasteiger partial charge in [-0.2, -0.15) is 0 Å². The molecular weight excluding hydrogens is 449 g/mol. The second-order valence-electron chi connectivity index (χ2n) is 10.1. The summed E-state index contributed by atoms with van der Waals surface area (Å²) in [6.45, 7) is 1.92. The van der Waals surface area contributed by atoms with Gasteiger partial charge in [-0.15, -0.1) is 11.3 Å². The summed E-state index contributed by atoms with van der Waals surface area (Å²) in [7, 11) is 0. The number of carbonyl (C=O) groups is 2. The van der Waals surface area contributed by atoms with Crippen LogP contribution in [0.2, 0.25) is 0 Å². The van der Waals surface area contributed by atoms with Gasteiger partial charge in [0.1, 0.15) is 17.2 Å². The SMILES string of the molecule is O=C(C1CC1)N1CC(CN2C(=O)C3(CC3)N=C2c2ccc(-c3ccc4sccc4c3)c(F)c2)C1. The maximum Gasteiger partial charge on any atom is 0.256 e. The number of carbonyl (C=O) groups excluding carboxylic acids is 2. The van der Waals surface area contributed by atoms with E-state index in [2.05, 4.69) is 0 Å². The Morgan fingerprint density at radius 1 is 1.09 bits per heavy atom. The quantitative estimate of drug-likeness (QED) is 0.540. The van der Waals surface area contributed by atoms with Crippen LogP contribution in [0.4, 0.5) is 4.39 Å². The first-order valence-corrected chi connectivity index (χ1v) is 12.9. The van der Waals surface area contributed by atoms with Gasteiger partial charge in [0.2, 0.25) is 5.91 Å². The van der Waals surface area contributed by atoms with E-state index in [1.807, 2.05) is 40.6 Å². The topological polar surface area (TPSA) is 53.0 Å². The van der Waals surface area contributed by atoms with E-state index in [4.69, 9.17) is 4.99 Å². The molecule has 3 fully saturated rings. The molecule has 2 saturated carbocycles. The Morgan fingerprint density at radius 2 is 1.88 bits per heavy atom. The number of amidine groups is 1. The molecule has 7 heteroatoms. The largest absolute Gasteiger partial charge is 0.342 e. The molecule has 5 nitrogen and oxygen atoms in total. The van der Waals surface area contributed by atoms with Gasteiger partial charge < -0.3 is 4.90 Å². The van der Waals surface area contributed by atoms with E-state index in [-0.39, 0.29) is 29.5 Å². The highest BCUT2D eigenvalue weighted by atomic mass is 32.1. The summed E-state index contributed by atoms with van der Waals surface area (Å²) in [4.78, 5) is 33.9. The maximum atomic E-state index is 15.3. The summed E-state index contributed by atoms with van der Waals surface area (Å²) in [6, 6.07) is 13.2. The number of hydrogen-bond donors (Lipinski definition) is 0. The summed E-state index contributed by atoms with van der Waals surface area (Å²) in [5.41, 5.74) is 1.38. The number of fused-ring (bicyclic) bond motifs is 1. The summed E-state index contributed by atoms with van der Waals surface area (Å²) in [6.07, 6.45) is 3.52. The summed E-state index contributed by atoms with van der Waals surface area (Å²) in [5, 5.41) is 3.14. The van der Waals surface area contributed by atoms with Crippen molar-refractivity contribution in [2.45, 2.75) is 31.2 Å². The van der Waals surface area contributed by atoms with Crippen molar-refractivity contribution < 1.29 is 14.0 Å². The van der Waals surface area contributed by atoms with Crippen molar-refractivity contribution in [2.24, 2.45) is 16.8 Å². The van der Waals surface area contributed by atoms with Gasteiger partial charge in [0, 0.05) is 47.3 Å². The number of nitrogens with zero attached hydrogens (tertiary/aromatic N) is 3. The van der Waals surface area contributed by atoms with Crippen LogP contribution in [0.25, 0.3) is 21.2 Å². The number of thiophene rings is 1. The van der Waals surface area contributed by atoms with E-state index in [1.165, 1.54) is 10.8 Å². The van der Waals surface area contributed by atoms with Gasteiger partial charge in [0.05, 0.1) is 0 Å². The highest BCUT2D eigenvalue weighted by molar-refractivity contribution is 7.17. The number of benzene rings is 2. The lowest BCUT2D eigenvalue weighted by atomic mass is 9.97. The minimum atomic E-state index is -0.637. The molecular formula is C27H24FN3O2S. The molecule has 2 amide bonds. The van der Waals surface area contributed by atoms with Crippen molar-refractivity contribution in [2.75, 3.05) is 19.6 Å². The second kappa shape index (κ2) is 7.22. The molecule has 3 aromatic rings. The molecule has 1 aromatic heterocycles. The Morgan fingerprint density at radius 3 is 2.62 bits per heavy atom. The van der Waals surface area contributed by atoms with E-state index in [0.29, 0.717) is 36.6 Å². The Kier molecular flexibility index (Phi) is 4.31. The van der Waals surface area contributed by atoms with Crippen molar-refractivity contribution >= 4 is 39.1 Å². The van der Waals surface area contributed by atoms with E-state index in [1.54, 1.807) is 22.3 Å². The molecule has 1 spiro atoms. The Hall–Kier alpha value is -3.06. The van der Waals surface area contributed by atoms with Crippen LogP contribution in [0.1, 0.15) is 31.2 Å². The number of hydrogen-bond acceptors (Lipinski definition) is 4. The normalized spacial score (nSPS) is 21.3. The molecule has 7 rings (SSSR count). The van der Waals surface area contributed by atoms with Crippen LogP contribution in [0, 0.1) is 17.7 Å². The average Bonchev–Trinajstić information content (AvgIpc) is 3.72. The highest BCUT2D eigenvalue weighted by Gasteiger charge is 2.58. The molecule has 1 saturated heterocycles. The lowest BCUT2D eigenvalue weighted by Crippen LogP contribution is -2.55. The third-order valence-corrected chi connectivity index (χ3v) is 8.47. The maximum absolute atomic E-state index is 15.3. The van der Waals surface area contributed by atoms with Crippen LogP contribution >= 0.6 is 11.3 Å². The number of aliphatic imine (C=N–C) groups is 1. The first-order valence-electron chi connectivity index (χ1n) is 12.0. The van der Waals surface area contributed by atoms with Gasteiger partial charge in [-0.05, 0) is 66.3 Å². The van der Waals surface area contributed by atoms with Crippen LogP contribution < -0.4 is 0 Å². The van der Waals surface area contributed by atoms with E-state index >= 15 is 4.39 Å². The van der Waals surface area contributed by atoms with E-state index in [9.17, 15) is 9.59 Å². The Balaban J connectivity index is 1.14. The third kappa shape index (κ3) is 3.21. The van der Waals surface area contributed by atoms with Crippen LogP contribution in [0.5, 0.6) is 0 Å². The third-order valence-electron chi connectivity index (χ3n) is 7.57. The molecule has 2 aliphatic carbocycles.